The monoisotopic (exact) mass is 222 g/mol. The zero-order valence-electron chi connectivity index (χ0n) is 9.25. The lowest BCUT2D eigenvalue weighted by Crippen LogP contribution is -2.07. The van der Waals surface area contributed by atoms with E-state index in [9.17, 15) is 4.79 Å². The Morgan fingerprint density at radius 1 is 1.27 bits per heavy atom. The highest BCUT2D eigenvalue weighted by molar-refractivity contribution is 6.30. The normalized spacial score (nSPS) is 11.9. The molecule has 0 atom stereocenters. The summed E-state index contributed by atoms with van der Waals surface area (Å²) in [5.74, 6) is 0.235. The SMILES string of the molecule is C/C(=C\c1ccc(Cl)cc1)C(=O)C(C)C. The van der Waals surface area contributed by atoms with Crippen LogP contribution in [-0.2, 0) is 4.79 Å². The summed E-state index contributed by atoms with van der Waals surface area (Å²) >= 11 is 5.77. The Bertz CT molecular complexity index is 374. The van der Waals surface area contributed by atoms with Gasteiger partial charge >= 0.3 is 0 Å². The summed E-state index contributed by atoms with van der Waals surface area (Å²) in [6.07, 6.45) is 1.89. The molecule has 80 valence electrons. The first kappa shape index (κ1) is 12.0. The van der Waals surface area contributed by atoms with Gasteiger partial charge in [0.05, 0.1) is 0 Å². The fourth-order valence-electron chi connectivity index (χ4n) is 1.34. The minimum Gasteiger partial charge on any atom is -0.294 e. The second-order valence-electron chi connectivity index (χ2n) is 3.90. The summed E-state index contributed by atoms with van der Waals surface area (Å²) in [6, 6.07) is 7.44. The van der Waals surface area contributed by atoms with Crippen LogP contribution in [-0.4, -0.2) is 5.78 Å². The van der Waals surface area contributed by atoms with Gasteiger partial charge in [-0.3, -0.25) is 4.79 Å². The zero-order chi connectivity index (χ0) is 11.4. The van der Waals surface area contributed by atoms with Crippen molar-refractivity contribution in [2.24, 2.45) is 5.92 Å². The van der Waals surface area contributed by atoms with Crippen molar-refractivity contribution < 1.29 is 4.79 Å². The molecule has 0 saturated carbocycles. The molecule has 0 aliphatic carbocycles. The second kappa shape index (κ2) is 5.13. The van der Waals surface area contributed by atoms with Crippen LogP contribution in [0.3, 0.4) is 0 Å². The van der Waals surface area contributed by atoms with Gasteiger partial charge in [0.2, 0.25) is 0 Å². The Hall–Kier alpha value is -1.08. The predicted octanol–water partition coefficient (Wildman–Crippen LogP) is 3.97. The standard InChI is InChI=1S/C13H15ClO/c1-9(2)13(15)10(3)8-11-4-6-12(14)7-5-11/h4-9H,1-3H3/b10-8+. The molecule has 0 saturated heterocycles. The number of carbonyl (C=O) groups excluding carboxylic acids is 1. The van der Waals surface area contributed by atoms with Gasteiger partial charge in [-0.05, 0) is 36.3 Å². The Balaban J connectivity index is 2.87. The first-order chi connectivity index (χ1) is 7.00. The van der Waals surface area contributed by atoms with Gasteiger partial charge in [0.1, 0.15) is 0 Å². The van der Waals surface area contributed by atoms with E-state index in [-0.39, 0.29) is 11.7 Å². The van der Waals surface area contributed by atoms with Gasteiger partial charge in [0.25, 0.3) is 0 Å². The Morgan fingerprint density at radius 2 is 1.80 bits per heavy atom. The molecule has 1 aromatic carbocycles. The van der Waals surface area contributed by atoms with E-state index in [0.717, 1.165) is 11.1 Å². The third-order valence-electron chi connectivity index (χ3n) is 2.17. The largest absolute Gasteiger partial charge is 0.294 e. The van der Waals surface area contributed by atoms with E-state index in [4.69, 9.17) is 11.6 Å². The van der Waals surface area contributed by atoms with Crippen molar-refractivity contribution in [1.29, 1.82) is 0 Å². The van der Waals surface area contributed by atoms with E-state index in [1.807, 2.05) is 51.1 Å². The number of rotatable bonds is 3. The van der Waals surface area contributed by atoms with Gasteiger partial charge < -0.3 is 0 Å². The number of hydrogen-bond donors (Lipinski definition) is 0. The maximum absolute atomic E-state index is 11.6. The van der Waals surface area contributed by atoms with Gasteiger partial charge in [-0.2, -0.15) is 0 Å². The minimum absolute atomic E-state index is 0.0496. The maximum Gasteiger partial charge on any atom is 0.161 e. The third kappa shape index (κ3) is 3.52. The molecule has 0 spiro atoms. The smallest absolute Gasteiger partial charge is 0.161 e. The van der Waals surface area contributed by atoms with E-state index in [1.54, 1.807) is 0 Å². The molecule has 15 heavy (non-hydrogen) atoms. The first-order valence-electron chi connectivity index (χ1n) is 4.99. The van der Waals surface area contributed by atoms with Gasteiger partial charge in [0, 0.05) is 10.9 Å². The van der Waals surface area contributed by atoms with Crippen molar-refractivity contribution in [3.63, 3.8) is 0 Å². The van der Waals surface area contributed by atoms with E-state index in [2.05, 4.69) is 0 Å². The molecule has 0 radical (unpaired) electrons. The highest BCUT2D eigenvalue weighted by Crippen LogP contribution is 2.14. The Kier molecular flexibility index (Phi) is 4.10. The summed E-state index contributed by atoms with van der Waals surface area (Å²) in [5, 5.41) is 0.708. The maximum atomic E-state index is 11.6. The Morgan fingerprint density at radius 3 is 2.27 bits per heavy atom. The van der Waals surface area contributed by atoms with Crippen LogP contribution in [0.5, 0.6) is 0 Å². The summed E-state index contributed by atoms with van der Waals surface area (Å²) in [4.78, 5) is 11.6. The number of benzene rings is 1. The zero-order valence-corrected chi connectivity index (χ0v) is 10.0. The lowest BCUT2D eigenvalue weighted by Gasteiger charge is -2.04. The van der Waals surface area contributed by atoms with Crippen molar-refractivity contribution in [1.82, 2.24) is 0 Å². The van der Waals surface area contributed by atoms with Gasteiger partial charge in [-0.25, -0.2) is 0 Å². The number of carbonyl (C=O) groups is 1. The molecule has 0 fully saturated rings. The number of halogens is 1. The van der Waals surface area contributed by atoms with Crippen LogP contribution < -0.4 is 0 Å². The van der Waals surface area contributed by atoms with Crippen LogP contribution in [0.1, 0.15) is 26.3 Å². The summed E-state index contributed by atoms with van der Waals surface area (Å²) in [7, 11) is 0. The lowest BCUT2D eigenvalue weighted by molar-refractivity contribution is -0.118. The number of hydrogen-bond acceptors (Lipinski definition) is 1. The van der Waals surface area contributed by atoms with Gasteiger partial charge in [-0.1, -0.05) is 37.6 Å². The molecule has 0 heterocycles. The fraction of sp³-hybridized carbons (Fsp3) is 0.308. The summed E-state index contributed by atoms with van der Waals surface area (Å²) in [5.41, 5.74) is 1.79. The van der Waals surface area contributed by atoms with Crippen molar-refractivity contribution in [2.45, 2.75) is 20.8 Å². The van der Waals surface area contributed by atoms with Gasteiger partial charge in [-0.15, -0.1) is 0 Å². The number of ketones is 1. The highest BCUT2D eigenvalue weighted by atomic mass is 35.5. The molecular weight excluding hydrogens is 208 g/mol. The van der Waals surface area contributed by atoms with Crippen LogP contribution in [0.15, 0.2) is 29.8 Å². The molecule has 0 amide bonds. The molecule has 0 aliphatic rings. The van der Waals surface area contributed by atoms with Crippen LogP contribution in [0.25, 0.3) is 6.08 Å². The average molecular weight is 223 g/mol. The van der Waals surface area contributed by atoms with Crippen molar-refractivity contribution in [3.8, 4) is 0 Å². The second-order valence-corrected chi connectivity index (χ2v) is 4.33. The predicted molar refractivity (Wildman–Crippen MR) is 64.9 cm³/mol. The van der Waals surface area contributed by atoms with E-state index >= 15 is 0 Å². The Labute approximate surface area is 95.8 Å². The highest BCUT2D eigenvalue weighted by Gasteiger charge is 2.08. The van der Waals surface area contributed by atoms with Crippen molar-refractivity contribution >= 4 is 23.5 Å². The lowest BCUT2D eigenvalue weighted by atomic mass is 10.0. The molecule has 0 N–H and O–H groups in total. The average Bonchev–Trinajstić information content (AvgIpc) is 2.20. The molecule has 1 aromatic rings. The third-order valence-corrected chi connectivity index (χ3v) is 2.42. The number of Topliss-reactive ketones (excluding diaryl/α,β-unsaturated/α-hetero) is 1. The minimum atomic E-state index is 0.0496. The summed E-state index contributed by atoms with van der Waals surface area (Å²) in [6.45, 7) is 5.65. The molecule has 2 heteroatoms. The molecule has 0 aliphatic heterocycles. The van der Waals surface area contributed by atoms with Gasteiger partial charge in [0.15, 0.2) is 5.78 Å². The van der Waals surface area contributed by atoms with E-state index in [0.29, 0.717) is 5.02 Å². The topological polar surface area (TPSA) is 17.1 Å². The number of allylic oxidation sites excluding steroid dienone is 1. The summed E-state index contributed by atoms with van der Waals surface area (Å²) < 4.78 is 0. The van der Waals surface area contributed by atoms with E-state index in [1.165, 1.54) is 0 Å². The molecular formula is C13H15ClO. The van der Waals surface area contributed by atoms with Crippen molar-refractivity contribution in [2.75, 3.05) is 0 Å². The molecule has 0 aromatic heterocycles. The molecule has 0 bridgehead atoms. The molecule has 1 rings (SSSR count). The van der Waals surface area contributed by atoms with Crippen LogP contribution in [0.4, 0.5) is 0 Å². The fourth-order valence-corrected chi connectivity index (χ4v) is 1.46. The van der Waals surface area contributed by atoms with Crippen LogP contribution >= 0.6 is 11.6 Å². The molecule has 0 unspecified atom stereocenters. The van der Waals surface area contributed by atoms with Crippen LogP contribution in [0, 0.1) is 5.92 Å². The molecule has 1 nitrogen and oxygen atoms in total. The van der Waals surface area contributed by atoms with Crippen molar-refractivity contribution in [3.05, 3.63) is 40.4 Å². The van der Waals surface area contributed by atoms with Crippen LogP contribution in [0.2, 0.25) is 5.02 Å². The van der Waals surface area contributed by atoms with E-state index < -0.39 is 0 Å². The quantitative estimate of drug-likeness (QED) is 0.708. The first-order valence-corrected chi connectivity index (χ1v) is 5.36.